The van der Waals surface area contributed by atoms with Gasteiger partial charge in [-0.15, -0.1) is 11.3 Å². The van der Waals surface area contributed by atoms with Crippen LogP contribution in [0.4, 0.5) is 22.6 Å². The first-order valence-electron chi connectivity index (χ1n) is 8.62. The number of halogens is 4. The van der Waals surface area contributed by atoms with E-state index in [4.69, 9.17) is 0 Å². The topological polar surface area (TPSA) is 41.5 Å². The van der Waals surface area contributed by atoms with Gasteiger partial charge in [0.2, 0.25) is 5.91 Å². The van der Waals surface area contributed by atoms with E-state index in [0.717, 1.165) is 23.5 Å². The van der Waals surface area contributed by atoms with Crippen LogP contribution in [0, 0.1) is 11.6 Å². The highest BCUT2D eigenvalue weighted by Crippen LogP contribution is 2.43. The number of carbonyl (C=O) groups is 1. The first-order chi connectivity index (χ1) is 12.8. The number of nitrogens with one attached hydrogen (secondary N) is 1. The average Bonchev–Trinajstić information content (AvgIpc) is 2.73. The Bertz CT molecular complexity index is 947. The first-order valence-corrected chi connectivity index (χ1v) is 9.44. The molecule has 1 N–H and O–H groups in total. The predicted molar refractivity (Wildman–Crippen MR) is 96.0 cm³/mol. The number of hydrogen-bond donors (Lipinski definition) is 1. The van der Waals surface area contributed by atoms with Gasteiger partial charge in [-0.2, -0.15) is 0 Å². The molecule has 0 radical (unpaired) electrons. The largest absolute Gasteiger partial charge is 0.315 e. The van der Waals surface area contributed by atoms with Gasteiger partial charge in [0, 0.05) is 23.3 Å². The van der Waals surface area contributed by atoms with E-state index in [1.807, 2.05) is 0 Å². The molecule has 2 aliphatic rings. The molecule has 3 nitrogen and oxygen atoms in total. The van der Waals surface area contributed by atoms with Crippen LogP contribution < -0.4 is 5.32 Å². The van der Waals surface area contributed by atoms with Crippen molar-refractivity contribution >= 4 is 28.0 Å². The van der Waals surface area contributed by atoms with Crippen LogP contribution in [0.25, 0.3) is 0 Å². The summed E-state index contributed by atoms with van der Waals surface area (Å²) >= 11 is 1.04. The Balaban J connectivity index is 1.98. The van der Waals surface area contributed by atoms with Gasteiger partial charge in [-0.05, 0) is 37.5 Å². The summed E-state index contributed by atoms with van der Waals surface area (Å²) in [5, 5.41) is 3.02. The van der Waals surface area contributed by atoms with Crippen LogP contribution in [0.3, 0.4) is 0 Å². The number of thiophene rings is 1. The highest BCUT2D eigenvalue weighted by atomic mass is 32.1. The first kappa shape index (κ1) is 18.2. The van der Waals surface area contributed by atoms with E-state index < -0.39 is 35.9 Å². The van der Waals surface area contributed by atoms with E-state index >= 15 is 0 Å². The van der Waals surface area contributed by atoms with Gasteiger partial charge in [0.15, 0.2) is 0 Å². The fraction of sp³-hybridized carbons (Fsp3) is 0.368. The van der Waals surface area contributed by atoms with Crippen molar-refractivity contribution in [2.45, 2.75) is 44.6 Å². The summed E-state index contributed by atoms with van der Waals surface area (Å²) < 4.78 is 57.1. The number of rotatable bonds is 1. The number of benzene rings is 1. The summed E-state index contributed by atoms with van der Waals surface area (Å²) in [5.41, 5.74) is 0.644. The molecule has 4 rings (SSSR count). The van der Waals surface area contributed by atoms with E-state index in [-0.39, 0.29) is 24.1 Å². The Hall–Kier alpha value is -2.22. The standard InChI is InChI=1S/C19H16F4N2OS/c1-9-17(26)25-18-14(10-4-3-7-19(22,23)8-13(10)27-18)16(24-9)15-11(20)5-2-6-12(15)21/h2,5-6,9H,3-4,7-8H2,1H3,(H,25,26)/t9-/m0/s1. The third-order valence-electron chi connectivity index (χ3n) is 4.85. The van der Waals surface area contributed by atoms with Gasteiger partial charge in [0.1, 0.15) is 22.7 Å². The number of nitrogens with zero attached hydrogens (tertiary/aromatic N) is 1. The number of alkyl halides is 2. The zero-order valence-electron chi connectivity index (χ0n) is 14.4. The molecule has 0 unspecified atom stereocenters. The zero-order chi connectivity index (χ0) is 19.3. The van der Waals surface area contributed by atoms with Crippen LogP contribution in [-0.4, -0.2) is 23.6 Å². The molecule has 0 spiro atoms. The number of hydrogen-bond acceptors (Lipinski definition) is 3. The summed E-state index contributed by atoms with van der Waals surface area (Å²) in [4.78, 5) is 17.0. The second kappa shape index (κ2) is 6.44. The van der Waals surface area contributed by atoms with Gasteiger partial charge in [-0.3, -0.25) is 9.79 Å². The highest BCUT2D eigenvalue weighted by Gasteiger charge is 2.38. The van der Waals surface area contributed by atoms with Crippen molar-refractivity contribution < 1.29 is 22.4 Å². The Morgan fingerprint density at radius 2 is 1.93 bits per heavy atom. The summed E-state index contributed by atoms with van der Waals surface area (Å²) in [6.45, 7) is 1.53. The summed E-state index contributed by atoms with van der Waals surface area (Å²) in [6, 6.07) is 2.62. The van der Waals surface area contributed by atoms with Crippen molar-refractivity contribution in [3.8, 4) is 0 Å². The van der Waals surface area contributed by atoms with Crippen LogP contribution in [-0.2, 0) is 17.6 Å². The van der Waals surface area contributed by atoms with Gasteiger partial charge in [0.05, 0.1) is 11.3 Å². The molecule has 0 bridgehead atoms. The molecule has 0 saturated carbocycles. The van der Waals surface area contributed by atoms with Crippen molar-refractivity contribution in [2.24, 2.45) is 4.99 Å². The lowest BCUT2D eigenvalue weighted by Gasteiger charge is -2.12. The molecule has 1 aromatic heterocycles. The minimum Gasteiger partial charge on any atom is -0.315 e. The summed E-state index contributed by atoms with van der Waals surface area (Å²) in [5.74, 6) is -4.89. The highest BCUT2D eigenvalue weighted by molar-refractivity contribution is 7.17. The minimum atomic E-state index is -2.84. The molecule has 1 aromatic carbocycles. The molecular weight excluding hydrogens is 380 g/mol. The maximum Gasteiger partial charge on any atom is 0.252 e. The van der Waals surface area contributed by atoms with E-state index in [2.05, 4.69) is 10.3 Å². The molecule has 2 heterocycles. The molecule has 27 heavy (non-hydrogen) atoms. The Labute approximate surface area is 157 Å². The van der Waals surface area contributed by atoms with Gasteiger partial charge in [-0.25, -0.2) is 17.6 Å². The second-order valence-corrected chi connectivity index (χ2v) is 7.94. The van der Waals surface area contributed by atoms with E-state index in [1.165, 1.54) is 13.0 Å². The third kappa shape index (κ3) is 3.16. The van der Waals surface area contributed by atoms with E-state index in [9.17, 15) is 22.4 Å². The van der Waals surface area contributed by atoms with Crippen molar-refractivity contribution in [1.82, 2.24) is 0 Å². The lowest BCUT2D eigenvalue weighted by molar-refractivity contribution is -0.116. The van der Waals surface area contributed by atoms with Crippen LogP contribution >= 0.6 is 11.3 Å². The molecule has 0 fully saturated rings. The number of amides is 1. The van der Waals surface area contributed by atoms with Gasteiger partial charge < -0.3 is 5.32 Å². The molecule has 0 saturated heterocycles. The summed E-state index contributed by atoms with van der Waals surface area (Å²) in [7, 11) is 0. The van der Waals surface area contributed by atoms with Crippen molar-refractivity contribution in [3.05, 3.63) is 51.4 Å². The lowest BCUT2D eigenvalue weighted by atomic mass is 9.96. The number of aliphatic imine (C=N–C) groups is 1. The normalized spacial score (nSPS) is 21.4. The maximum atomic E-state index is 14.5. The molecule has 142 valence electrons. The molecule has 1 atom stereocenters. The minimum absolute atomic E-state index is 0.00849. The summed E-state index contributed by atoms with van der Waals surface area (Å²) in [6.07, 6.45) is -0.0965. The predicted octanol–water partition coefficient (Wildman–Crippen LogP) is 4.72. The second-order valence-electron chi connectivity index (χ2n) is 6.83. The number of anilines is 1. The van der Waals surface area contributed by atoms with Crippen LogP contribution in [0.1, 0.15) is 41.3 Å². The maximum absolute atomic E-state index is 14.5. The Morgan fingerprint density at radius 3 is 2.63 bits per heavy atom. The van der Waals surface area contributed by atoms with Gasteiger partial charge in [-0.1, -0.05) is 6.07 Å². The van der Waals surface area contributed by atoms with Gasteiger partial charge in [0.25, 0.3) is 5.92 Å². The van der Waals surface area contributed by atoms with Crippen molar-refractivity contribution in [2.75, 3.05) is 5.32 Å². The third-order valence-corrected chi connectivity index (χ3v) is 6.00. The number of carbonyl (C=O) groups excluding carboxylic acids is 1. The van der Waals surface area contributed by atoms with Crippen LogP contribution in [0.15, 0.2) is 23.2 Å². The molecule has 8 heteroatoms. The van der Waals surface area contributed by atoms with E-state index in [0.29, 0.717) is 27.4 Å². The smallest absolute Gasteiger partial charge is 0.252 e. The molecular formula is C19H16F4N2OS. The fourth-order valence-electron chi connectivity index (χ4n) is 3.55. The van der Waals surface area contributed by atoms with E-state index in [1.54, 1.807) is 0 Å². The lowest BCUT2D eigenvalue weighted by Crippen LogP contribution is -2.22. The quantitative estimate of drug-likeness (QED) is 0.550. The van der Waals surface area contributed by atoms with Crippen molar-refractivity contribution in [1.29, 1.82) is 0 Å². The van der Waals surface area contributed by atoms with Crippen LogP contribution in [0.2, 0.25) is 0 Å². The monoisotopic (exact) mass is 396 g/mol. The zero-order valence-corrected chi connectivity index (χ0v) is 15.2. The molecule has 1 aliphatic heterocycles. The average molecular weight is 396 g/mol. The molecule has 1 amide bonds. The molecule has 1 aliphatic carbocycles. The SMILES string of the molecule is C[C@@H]1N=C(c2c(F)cccc2F)c2c(sc3c2CCCC(F)(F)C3)NC1=O. The van der Waals surface area contributed by atoms with Crippen molar-refractivity contribution in [3.63, 3.8) is 0 Å². The van der Waals surface area contributed by atoms with Crippen LogP contribution in [0.5, 0.6) is 0 Å². The molecule has 2 aromatic rings. The fourth-order valence-corrected chi connectivity index (χ4v) is 4.88. The Morgan fingerprint density at radius 1 is 1.22 bits per heavy atom. The number of fused-ring (bicyclic) bond motifs is 3. The van der Waals surface area contributed by atoms with Gasteiger partial charge >= 0.3 is 0 Å². The Kier molecular flexibility index (Phi) is 4.33.